The van der Waals surface area contributed by atoms with Gasteiger partial charge in [-0.2, -0.15) is 0 Å². The minimum Gasteiger partial charge on any atom is -0.481 e. The van der Waals surface area contributed by atoms with Gasteiger partial charge in [0.2, 0.25) is 0 Å². The molecule has 2 fully saturated rings. The number of carboxylic acid groups (broad SMARTS) is 1. The van der Waals surface area contributed by atoms with E-state index in [-0.39, 0.29) is 6.03 Å². The van der Waals surface area contributed by atoms with Crippen molar-refractivity contribution >= 4 is 12.0 Å². The van der Waals surface area contributed by atoms with Crippen LogP contribution in [-0.2, 0) is 4.79 Å². The van der Waals surface area contributed by atoms with Crippen LogP contribution in [0.25, 0.3) is 0 Å². The predicted molar refractivity (Wildman–Crippen MR) is 72.0 cm³/mol. The minimum atomic E-state index is -0.765. The molecule has 2 aliphatic rings. The monoisotopic (exact) mass is 268 g/mol. The molecule has 0 aromatic rings. The van der Waals surface area contributed by atoms with Crippen LogP contribution in [0.3, 0.4) is 0 Å². The molecule has 19 heavy (non-hydrogen) atoms. The van der Waals surface area contributed by atoms with Gasteiger partial charge in [-0.1, -0.05) is 13.8 Å². The summed E-state index contributed by atoms with van der Waals surface area (Å²) in [6, 6.07) is 0.384. The van der Waals surface area contributed by atoms with E-state index < -0.39 is 11.4 Å². The van der Waals surface area contributed by atoms with Gasteiger partial charge in [-0.15, -0.1) is 0 Å². The van der Waals surface area contributed by atoms with Gasteiger partial charge >= 0.3 is 12.0 Å². The number of amides is 2. The molecule has 0 saturated carbocycles. The molecular weight excluding hydrogens is 244 g/mol. The summed E-state index contributed by atoms with van der Waals surface area (Å²) in [6.07, 6.45) is 4.29. The summed E-state index contributed by atoms with van der Waals surface area (Å²) in [6.45, 7) is 5.76. The molecule has 0 radical (unpaired) electrons. The second kappa shape index (κ2) is 5.39. The number of urea groups is 1. The quantitative estimate of drug-likeness (QED) is 0.853. The maximum Gasteiger partial charge on any atom is 0.320 e. The third-order valence-corrected chi connectivity index (χ3v) is 4.85. The van der Waals surface area contributed by atoms with Gasteiger partial charge in [-0.05, 0) is 32.1 Å². The lowest BCUT2D eigenvalue weighted by Gasteiger charge is -2.30. The Kier molecular flexibility index (Phi) is 4.02. The van der Waals surface area contributed by atoms with Crippen molar-refractivity contribution in [3.05, 3.63) is 0 Å². The van der Waals surface area contributed by atoms with Crippen LogP contribution in [0.1, 0.15) is 46.0 Å². The van der Waals surface area contributed by atoms with E-state index in [1.54, 1.807) is 4.90 Å². The molecule has 0 spiro atoms. The highest BCUT2D eigenvalue weighted by atomic mass is 16.4. The Labute approximate surface area is 114 Å². The van der Waals surface area contributed by atoms with Gasteiger partial charge in [0.05, 0.1) is 5.41 Å². The van der Waals surface area contributed by atoms with Crippen LogP contribution in [0.5, 0.6) is 0 Å². The van der Waals surface area contributed by atoms with Crippen LogP contribution >= 0.6 is 0 Å². The molecule has 2 heterocycles. The molecule has 0 aromatic carbocycles. The largest absolute Gasteiger partial charge is 0.481 e. The maximum atomic E-state index is 12.5. The minimum absolute atomic E-state index is 0.0425. The van der Waals surface area contributed by atoms with Gasteiger partial charge in [0.15, 0.2) is 0 Å². The van der Waals surface area contributed by atoms with Crippen LogP contribution in [0.4, 0.5) is 4.79 Å². The number of rotatable bonds is 3. The highest BCUT2D eigenvalue weighted by Crippen LogP contribution is 2.35. The third kappa shape index (κ3) is 2.42. The molecule has 1 N–H and O–H groups in total. The first-order valence-electron chi connectivity index (χ1n) is 7.33. The molecule has 5 nitrogen and oxygen atoms in total. The van der Waals surface area contributed by atoms with Crippen molar-refractivity contribution in [1.82, 2.24) is 9.80 Å². The molecule has 0 bridgehead atoms. The number of likely N-dealkylation sites (tertiary alicyclic amines) is 2. The van der Waals surface area contributed by atoms with Crippen molar-refractivity contribution in [2.24, 2.45) is 5.41 Å². The topological polar surface area (TPSA) is 60.9 Å². The van der Waals surface area contributed by atoms with Crippen LogP contribution in [0.15, 0.2) is 0 Å². The molecule has 2 atom stereocenters. The lowest BCUT2D eigenvalue weighted by atomic mass is 9.84. The first-order chi connectivity index (χ1) is 9.04. The average molecular weight is 268 g/mol. The van der Waals surface area contributed by atoms with E-state index in [4.69, 9.17) is 0 Å². The molecular formula is C14H24N2O3. The number of carbonyl (C=O) groups excluding carboxylic acids is 1. The standard InChI is InChI=1S/C14H24N2O3/c1-3-11-6-5-8-16(11)13(19)15-9-7-14(4-2,10-15)12(17)18/h11H,3-10H2,1-2H3,(H,17,18). The van der Waals surface area contributed by atoms with Gasteiger partial charge in [-0.3, -0.25) is 4.79 Å². The van der Waals surface area contributed by atoms with E-state index in [2.05, 4.69) is 6.92 Å². The fourth-order valence-corrected chi connectivity index (χ4v) is 3.34. The summed E-state index contributed by atoms with van der Waals surface area (Å²) in [5.74, 6) is -0.765. The lowest BCUT2D eigenvalue weighted by Crippen LogP contribution is -2.45. The smallest absolute Gasteiger partial charge is 0.320 e. The Hall–Kier alpha value is -1.26. The highest BCUT2D eigenvalue weighted by molar-refractivity contribution is 5.80. The normalized spacial score (nSPS) is 30.9. The molecule has 2 aliphatic heterocycles. The third-order valence-electron chi connectivity index (χ3n) is 4.85. The van der Waals surface area contributed by atoms with Gasteiger partial charge in [0.1, 0.15) is 0 Å². The molecule has 5 heteroatoms. The number of carbonyl (C=O) groups is 2. The first kappa shape index (κ1) is 14.2. The van der Waals surface area contributed by atoms with Crippen molar-refractivity contribution < 1.29 is 14.7 Å². The average Bonchev–Trinajstić information content (AvgIpc) is 3.05. The molecule has 0 aliphatic carbocycles. The van der Waals surface area contributed by atoms with Crippen LogP contribution in [-0.4, -0.2) is 52.6 Å². The van der Waals surface area contributed by atoms with E-state index in [1.165, 1.54) is 0 Å². The van der Waals surface area contributed by atoms with Crippen LogP contribution in [0, 0.1) is 5.41 Å². The Balaban J connectivity index is 2.04. The molecule has 2 saturated heterocycles. The van der Waals surface area contributed by atoms with E-state index in [0.29, 0.717) is 32.0 Å². The Morgan fingerprint density at radius 1 is 1.32 bits per heavy atom. The Morgan fingerprint density at radius 3 is 2.58 bits per heavy atom. The molecule has 2 rings (SSSR count). The second-order valence-electron chi connectivity index (χ2n) is 5.79. The number of nitrogens with zero attached hydrogens (tertiary/aromatic N) is 2. The zero-order valence-corrected chi connectivity index (χ0v) is 11.9. The second-order valence-corrected chi connectivity index (χ2v) is 5.79. The van der Waals surface area contributed by atoms with Crippen molar-refractivity contribution in [2.45, 2.75) is 52.0 Å². The fraction of sp³-hybridized carbons (Fsp3) is 0.857. The highest BCUT2D eigenvalue weighted by Gasteiger charge is 2.46. The van der Waals surface area contributed by atoms with Gasteiger partial charge in [-0.25, -0.2) is 4.79 Å². The van der Waals surface area contributed by atoms with E-state index >= 15 is 0 Å². The van der Waals surface area contributed by atoms with Crippen LogP contribution < -0.4 is 0 Å². The van der Waals surface area contributed by atoms with E-state index in [9.17, 15) is 14.7 Å². The van der Waals surface area contributed by atoms with Crippen molar-refractivity contribution in [2.75, 3.05) is 19.6 Å². The predicted octanol–water partition coefficient (Wildman–Crippen LogP) is 2.17. The fourth-order valence-electron chi connectivity index (χ4n) is 3.34. The SMILES string of the molecule is CCC1CCCN1C(=O)N1CCC(CC)(C(=O)O)C1. The lowest BCUT2D eigenvalue weighted by molar-refractivity contribution is -0.148. The summed E-state index contributed by atoms with van der Waals surface area (Å²) < 4.78 is 0. The van der Waals surface area contributed by atoms with Crippen molar-refractivity contribution in [3.63, 3.8) is 0 Å². The van der Waals surface area contributed by atoms with Gasteiger partial charge in [0, 0.05) is 25.7 Å². The van der Waals surface area contributed by atoms with Crippen molar-refractivity contribution in [1.29, 1.82) is 0 Å². The zero-order valence-electron chi connectivity index (χ0n) is 11.9. The number of hydrogen-bond donors (Lipinski definition) is 1. The molecule has 108 valence electrons. The van der Waals surface area contributed by atoms with E-state index in [0.717, 1.165) is 25.8 Å². The summed E-state index contributed by atoms with van der Waals surface area (Å²) >= 11 is 0. The van der Waals surface area contributed by atoms with Crippen molar-refractivity contribution in [3.8, 4) is 0 Å². The Morgan fingerprint density at radius 2 is 2.05 bits per heavy atom. The summed E-state index contributed by atoms with van der Waals surface area (Å²) in [4.78, 5) is 27.6. The number of carboxylic acids is 1. The summed E-state index contributed by atoms with van der Waals surface area (Å²) in [5, 5.41) is 9.38. The number of hydrogen-bond acceptors (Lipinski definition) is 2. The van der Waals surface area contributed by atoms with E-state index in [1.807, 2.05) is 11.8 Å². The van der Waals surface area contributed by atoms with Gasteiger partial charge in [0.25, 0.3) is 0 Å². The maximum absolute atomic E-state index is 12.5. The van der Waals surface area contributed by atoms with Crippen LogP contribution in [0.2, 0.25) is 0 Å². The summed E-state index contributed by atoms with van der Waals surface area (Å²) in [5.41, 5.74) is -0.725. The zero-order chi connectivity index (χ0) is 14.0. The molecule has 2 amide bonds. The Bertz CT molecular complexity index is 372. The first-order valence-corrected chi connectivity index (χ1v) is 7.33. The number of aliphatic carboxylic acids is 1. The molecule has 0 aromatic heterocycles. The summed E-state index contributed by atoms with van der Waals surface area (Å²) in [7, 11) is 0. The van der Waals surface area contributed by atoms with Gasteiger partial charge < -0.3 is 14.9 Å². The molecule has 2 unspecified atom stereocenters.